The Balaban J connectivity index is 2.72. The first-order valence-corrected chi connectivity index (χ1v) is 7.60. The summed E-state index contributed by atoms with van der Waals surface area (Å²) in [6, 6.07) is 5.17. The third-order valence-corrected chi connectivity index (χ3v) is 4.00. The number of aromatic nitrogens is 2. The Labute approximate surface area is 107 Å². The molecule has 5 nitrogen and oxygen atoms in total. The zero-order valence-corrected chi connectivity index (χ0v) is 11.5. The van der Waals surface area contributed by atoms with Gasteiger partial charge in [0.2, 0.25) is 0 Å². The fourth-order valence-corrected chi connectivity index (χ4v) is 2.83. The first-order chi connectivity index (χ1) is 8.30. The second kappa shape index (κ2) is 4.37. The highest BCUT2D eigenvalue weighted by atomic mass is 32.2. The van der Waals surface area contributed by atoms with E-state index in [0.717, 1.165) is 11.3 Å². The molecular formula is C12H17N3O2S. The third kappa shape index (κ3) is 2.26. The van der Waals surface area contributed by atoms with E-state index in [0.29, 0.717) is 11.9 Å². The summed E-state index contributed by atoms with van der Waals surface area (Å²) in [6.07, 6.45) is 1.82. The van der Waals surface area contributed by atoms with E-state index in [9.17, 15) is 8.42 Å². The van der Waals surface area contributed by atoms with Gasteiger partial charge in [-0.25, -0.2) is 13.4 Å². The van der Waals surface area contributed by atoms with Crippen LogP contribution in [0.4, 0.5) is 0 Å². The fraction of sp³-hybridized carbons (Fsp3) is 0.417. The SMILES string of the molecule is CC(N)Cc1nc2c(S(C)(=O)=O)cccc2n1C. The molecule has 0 bridgehead atoms. The van der Waals surface area contributed by atoms with Crippen molar-refractivity contribution in [1.82, 2.24) is 9.55 Å². The number of benzene rings is 1. The standard InChI is InChI=1S/C12H17N3O2S/c1-8(13)7-11-14-12-9(15(11)2)5-4-6-10(12)18(3,16)17/h4-6,8H,7,13H2,1-3H3. The summed E-state index contributed by atoms with van der Waals surface area (Å²) in [5.41, 5.74) is 7.11. The van der Waals surface area contributed by atoms with Gasteiger partial charge in [0.05, 0.1) is 10.4 Å². The zero-order chi connectivity index (χ0) is 13.5. The number of nitrogens with zero attached hydrogens (tertiary/aromatic N) is 2. The summed E-state index contributed by atoms with van der Waals surface area (Å²) < 4.78 is 25.3. The zero-order valence-electron chi connectivity index (χ0n) is 10.7. The van der Waals surface area contributed by atoms with Crippen molar-refractivity contribution >= 4 is 20.9 Å². The molecule has 1 heterocycles. The van der Waals surface area contributed by atoms with Gasteiger partial charge in [-0.15, -0.1) is 0 Å². The van der Waals surface area contributed by atoms with Crippen LogP contribution < -0.4 is 5.73 Å². The van der Waals surface area contributed by atoms with E-state index in [1.807, 2.05) is 24.6 Å². The molecule has 98 valence electrons. The maximum absolute atomic E-state index is 11.7. The number of aryl methyl sites for hydroxylation is 1. The highest BCUT2D eigenvalue weighted by Crippen LogP contribution is 2.23. The van der Waals surface area contributed by atoms with Crippen LogP contribution in [0.15, 0.2) is 23.1 Å². The number of fused-ring (bicyclic) bond motifs is 1. The summed E-state index contributed by atoms with van der Waals surface area (Å²) in [5.74, 6) is 0.802. The number of imidazole rings is 1. The summed E-state index contributed by atoms with van der Waals surface area (Å²) in [7, 11) is -1.39. The quantitative estimate of drug-likeness (QED) is 0.895. The third-order valence-electron chi connectivity index (χ3n) is 2.87. The highest BCUT2D eigenvalue weighted by molar-refractivity contribution is 7.91. The molecule has 6 heteroatoms. The van der Waals surface area contributed by atoms with Gasteiger partial charge in [-0.3, -0.25) is 0 Å². The molecule has 0 aliphatic carbocycles. The molecule has 0 amide bonds. The number of para-hydroxylation sites is 1. The van der Waals surface area contributed by atoms with E-state index < -0.39 is 9.84 Å². The van der Waals surface area contributed by atoms with Gasteiger partial charge in [0.1, 0.15) is 11.3 Å². The van der Waals surface area contributed by atoms with Crippen molar-refractivity contribution in [2.75, 3.05) is 6.26 Å². The van der Waals surface area contributed by atoms with Gasteiger partial charge in [0.15, 0.2) is 9.84 Å². The van der Waals surface area contributed by atoms with Crippen molar-refractivity contribution in [1.29, 1.82) is 0 Å². The monoisotopic (exact) mass is 267 g/mol. The largest absolute Gasteiger partial charge is 0.331 e. The van der Waals surface area contributed by atoms with Crippen molar-refractivity contribution in [3.05, 3.63) is 24.0 Å². The maximum Gasteiger partial charge on any atom is 0.177 e. The number of rotatable bonds is 3. The van der Waals surface area contributed by atoms with E-state index in [2.05, 4.69) is 4.98 Å². The first-order valence-electron chi connectivity index (χ1n) is 5.70. The molecule has 0 saturated heterocycles. The minimum absolute atomic E-state index is 0.0119. The Morgan fingerprint density at radius 3 is 2.67 bits per heavy atom. The second-order valence-electron chi connectivity index (χ2n) is 4.66. The van der Waals surface area contributed by atoms with Gasteiger partial charge in [-0.05, 0) is 19.1 Å². The molecule has 2 aromatic rings. The predicted molar refractivity (Wildman–Crippen MR) is 71.2 cm³/mol. The van der Waals surface area contributed by atoms with Crippen LogP contribution in [0.1, 0.15) is 12.7 Å². The van der Waals surface area contributed by atoms with Crippen molar-refractivity contribution in [2.24, 2.45) is 12.8 Å². The molecule has 2 N–H and O–H groups in total. The Morgan fingerprint density at radius 2 is 2.11 bits per heavy atom. The highest BCUT2D eigenvalue weighted by Gasteiger charge is 2.17. The molecule has 1 aromatic heterocycles. The molecular weight excluding hydrogens is 250 g/mol. The van der Waals surface area contributed by atoms with Crippen LogP contribution in [0, 0.1) is 0 Å². The molecule has 0 radical (unpaired) electrons. The lowest BCUT2D eigenvalue weighted by Gasteiger charge is -2.04. The average molecular weight is 267 g/mol. The minimum Gasteiger partial charge on any atom is -0.331 e. The maximum atomic E-state index is 11.7. The van der Waals surface area contributed by atoms with Crippen LogP contribution in [0.25, 0.3) is 11.0 Å². The molecule has 0 aliphatic rings. The molecule has 0 saturated carbocycles. The lowest BCUT2D eigenvalue weighted by Crippen LogP contribution is -2.19. The van der Waals surface area contributed by atoms with E-state index in [-0.39, 0.29) is 10.9 Å². The first kappa shape index (κ1) is 13.0. The molecule has 2 rings (SSSR count). The summed E-state index contributed by atoms with van der Waals surface area (Å²) in [4.78, 5) is 4.69. The fourth-order valence-electron chi connectivity index (χ4n) is 2.01. The van der Waals surface area contributed by atoms with E-state index in [1.165, 1.54) is 6.26 Å². The number of hydrogen-bond acceptors (Lipinski definition) is 4. The van der Waals surface area contributed by atoms with Gasteiger partial charge in [0, 0.05) is 25.8 Å². The van der Waals surface area contributed by atoms with Gasteiger partial charge < -0.3 is 10.3 Å². The van der Waals surface area contributed by atoms with Crippen molar-refractivity contribution in [3.63, 3.8) is 0 Å². The Morgan fingerprint density at radius 1 is 1.44 bits per heavy atom. The topological polar surface area (TPSA) is 78.0 Å². The Bertz CT molecular complexity index is 687. The lowest BCUT2D eigenvalue weighted by atomic mass is 10.2. The van der Waals surface area contributed by atoms with Crippen molar-refractivity contribution in [2.45, 2.75) is 24.3 Å². The molecule has 1 unspecified atom stereocenters. The smallest absolute Gasteiger partial charge is 0.177 e. The molecule has 0 aliphatic heterocycles. The number of sulfone groups is 1. The van der Waals surface area contributed by atoms with Crippen LogP contribution in [0.3, 0.4) is 0 Å². The number of nitrogens with two attached hydrogens (primary N) is 1. The van der Waals surface area contributed by atoms with Crippen LogP contribution in [-0.2, 0) is 23.3 Å². The summed E-state index contributed by atoms with van der Waals surface area (Å²) in [6.45, 7) is 1.90. The Kier molecular flexibility index (Phi) is 3.16. The average Bonchev–Trinajstić information content (AvgIpc) is 2.54. The van der Waals surface area contributed by atoms with Crippen LogP contribution in [0.5, 0.6) is 0 Å². The van der Waals surface area contributed by atoms with E-state index >= 15 is 0 Å². The molecule has 1 atom stereocenters. The lowest BCUT2D eigenvalue weighted by molar-refractivity contribution is 0.602. The van der Waals surface area contributed by atoms with Gasteiger partial charge in [-0.1, -0.05) is 6.07 Å². The second-order valence-corrected chi connectivity index (χ2v) is 6.65. The summed E-state index contributed by atoms with van der Waals surface area (Å²) >= 11 is 0. The summed E-state index contributed by atoms with van der Waals surface area (Å²) in [5, 5.41) is 0. The molecule has 1 aromatic carbocycles. The van der Waals surface area contributed by atoms with E-state index in [1.54, 1.807) is 12.1 Å². The van der Waals surface area contributed by atoms with Gasteiger partial charge in [0.25, 0.3) is 0 Å². The number of hydrogen-bond donors (Lipinski definition) is 1. The normalized spacial score (nSPS) is 14.0. The Hall–Kier alpha value is -1.40. The van der Waals surface area contributed by atoms with Crippen molar-refractivity contribution in [3.8, 4) is 0 Å². The molecule has 18 heavy (non-hydrogen) atoms. The van der Waals surface area contributed by atoms with Crippen molar-refractivity contribution < 1.29 is 8.42 Å². The van der Waals surface area contributed by atoms with Gasteiger partial charge >= 0.3 is 0 Å². The van der Waals surface area contributed by atoms with E-state index in [4.69, 9.17) is 5.73 Å². The minimum atomic E-state index is -3.27. The van der Waals surface area contributed by atoms with Crippen LogP contribution in [-0.4, -0.2) is 30.3 Å². The van der Waals surface area contributed by atoms with Gasteiger partial charge in [-0.2, -0.15) is 0 Å². The molecule has 0 fully saturated rings. The van der Waals surface area contributed by atoms with Crippen LogP contribution >= 0.6 is 0 Å². The molecule has 0 spiro atoms. The van der Waals surface area contributed by atoms with Crippen LogP contribution in [0.2, 0.25) is 0 Å². The predicted octanol–water partition coefficient (Wildman–Crippen LogP) is 0.866.